The quantitative estimate of drug-likeness (QED) is 0.648. The van der Waals surface area contributed by atoms with Gasteiger partial charge in [0.2, 0.25) is 0 Å². The Labute approximate surface area is 105 Å². The van der Waals surface area contributed by atoms with Crippen molar-refractivity contribution in [1.29, 1.82) is 0 Å². The summed E-state index contributed by atoms with van der Waals surface area (Å²) in [7, 11) is 2.06. The van der Waals surface area contributed by atoms with Gasteiger partial charge < -0.3 is 4.90 Å². The Hall–Kier alpha value is -0.890. The molecule has 1 aromatic rings. The minimum atomic E-state index is -0.0632. The molecule has 1 nitrogen and oxygen atoms in total. The summed E-state index contributed by atoms with van der Waals surface area (Å²) in [6.07, 6.45) is 4.57. The van der Waals surface area contributed by atoms with E-state index in [0.29, 0.717) is 6.54 Å². The van der Waals surface area contributed by atoms with Crippen LogP contribution in [-0.4, -0.2) is 18.5 Å². The van der Waals surface area contributed by atoms with Crippen molar-refractivity contribution in [2.75, 3.05) is 13.6 Å². The summed E-state index contributed by atoms with van der Waals surface area (Å²) in [6.45, 7) is 6.00. The SMILES string of the molecule is CCCCCN(C)Cc1ccc(CC)cc1F. The molecule has 96 valence electrons. The molecular weight excluding hydrogens is 213 g/mol. The van der Waals surface area contributed by atoms with Crippen molar-refractivity contribution >= 4 is 0 Å². The van der Waals surface area contributed by atoms with E-state index in [9.17, 15) is 4.39 Å². The molecule has 17 heavy (non-hydrogen) atoms. The summed E-state index contributed by atoms with van der Waals surface area (Å²) >= 11 is 0. The minimum absolute atomic E-state index is 0.0632. The predicted octanol–water partition coefficient (Wildman–Crippen LogP) is 4.01. The molecule has 0 bridgehead atoms. The van der Waals surface area contributed by atoms with Gasteiger partial charge in [0.25, 0.3) is 0 Å². The van der Waals surface area contributed by atoms with E-state index in [1.54, 1.807) is 6.07 Å². The molecule has 0 fully saturated rings. The molecule has 0 radical (unpaired) electrons. The van der Waals surface area contributed by atoms with Crippen LogP contribution in [0.3, 0.4) is 0 Å². The molecule has 0 aromatic heterocycles. The molecule has 0 amide bonds. The highest BCUT2D eigenvalue weighted by Gasteiger charge is 2.06. The van der Waals surface area contributed by atoms with E-state index in [4.69, 9.17) is 0 Å². The third-order valence-corrected chi connectivity index (χ3v) is 3.11. The molecule has 0 saturated heterocycles. The Kier molecular flexibility index (Phi) is 6.20. The highest BCUT2D eigenvalue weighted by Crippen LogP contribution is 2.13. The maximum Gasteiger partial charge on any atom is 0.127 e. The predicted molar refractivity (Wildman–Crippen MR) is 71.6 cm³/mol. The van der Waals surface area contributed by atoms with Crippen molar-refractivity contribution in [3.63, 3.8) is 0 Å². The zero-order valence-electron chi connectivity index (χ0n) is 11.3. The van der Waals surface area contributed by atoms with Crippen LogP contribution in [0.15, 0.2) is 18.2 Å². The van der Waals surface area contributed by atoms with E-state index < -0.39 is 0 Å². The van der Waals surface area contributed by atoms with Crippen molar-refractivity contribution in [1.82, 2.24) is 4.90 Å². The number of rotatable bonds is 7. The maximum absolute atomic E-state index is 13.8. The molecule has 0 aliphatic rings. The van der Waals surface area contributed by atoms with E-state index in [0.717, 1.165) is 24.1 Å². The zero-order valence-corrected chi connectivity index (χ0v) is 11.3. The van der Waals surface area contributed by atoms with E-state index in [1.165, 1.54) is 19.3 Å². The molecular formula is C15H24FN. The van der Waals surface area contributed by atoms with Gasteiger partial charge in [-0.05, 0) is 38.1 Å². The number of hydrogen-bond donors (Lipinski definition) is 0. The second-order valence-electron chi connectivity index (χ2n) is 4.72. The summed E-state index contributed by atoms with van der Waals surface area (Å²) in [5.74, 6) is -0.0632. The number of hydrogen-bond acceptors (Lipinski definition) is 1. The molecule has 1 aromatic carbocycles. The van der Waals surface area contributed by atoms with Crippen LogP contribution < -0.4 is 0 Å². The maximum atomic E-state index is 13.8. The van der Waals surface area contributed by atoms with Crippen molar-refractivity contribution < 1.29 is 4.39 Å². The van der Waals surface area contributed by atoms with Gasteiger partial charge in [0.05, 0.1) is 0 Å². The van der Waals surface area contributed by atoms with Gasteiger partial charge in [-0.1, -0.05) is 38.8 Å². The lowest BCUT2D eigenvalue weighted by Gasteiger charge is -2.17. The third-order valence-electron chi connectivity index (χ3n) is 3.11. The first-order valence-electron chi connectivity index (χ1n) is 6.63. The van der Waals surface area contributed by atoms with Gasteiger partial charge in [-0.25, -0.2) is 4.39 Å². The minimum Gasteiger partial charge on any atom is -0.302 e. The summed E-state index contributed by atoms with van der Waals surface area (Å²) in [4.78, 5) is 2.19. The summed E-state index contributed by atoms with van der Waals surface area (Å²) in [6, 6.07) is 5.61. The van der Waals surface area contributed by atoms with Crippen LogP contribution in [-0.2, 0) is 13.0 Å². The number of halogens is 1. The van der Waals surface area contributed by atoms with Crippen molar-refractivity contribution in [3.8, 4) is 0 Å². The molecule has 0 aliphatic heterocycles. The van der Waals surface area contributed by atoms with E-state index in [-0.39, 0.29) is 5.82 Å². The van der Waals surface area contributed by atoms with Crippen molar-refractivity contribution in [2.24, 2.45) is 0 Å². The van der Waals surface area contributed by atoms with Gasteiger partial charge in [-0.3, -0.25) is 0 Å². The molecule has 0 saturated carbocycles. The van der Waals surface area contributed by atoms with E-state index in [2.05, 4.69) is 18.9 Å². The zero-order chi connectivity index (χ0) is 12.7. The van der Waals surface area contributed by atoms with Crippen LogP contribution in [0.1, 0.15) is 44.2 Å². The third kappa shape index (κ3) is 4.86. The fraction of sp³-hybridized carbons (Fsp3) is 0.600. The highest BCUT2D eigenvalue weighted by molar-refractivity contribution is 5.24. The van der Waals surface area contributed by atoms with Gasteiger partial charge in [0.15, 0.2) is 0 Å². The largest absolute Gasteiger partial charge is 0.302 e. The first kappa shape index (κ1) is 14.2. The van der Waals surface area contributed by atoms with Crippen LogP contribution in [0.5, 0.6) is 0 Å². The number of benzene rings is 1. The van der Waals surface area contributed by atoms with Crippen molar-refractivity contribution in [3.05, 3.63) is 35.1 Å². The van der Waals surface area contributed by atoms with Gasteiger partial charge in [0, 0.05) is 12.1 Å². The Balaban J connectivity index is 2.50. The second kappa shape index (κ2) is 7.44. The smallest absolute Gasteiger partial charge is 0.127 e. The van der Waals surface area contributed by atoms with Crippen molar-refractivity contribution in [2.45, 2.75) is 46.1 Å². The Morgan fingerprint density at radius 1 is 1.18 bits per heavy atom. The van der Waals surface area contributed by atoms with Crippen LogP contribution in [0, 0.1) is 5.82 Å². The number of aryl methyl sites for hydroxylation is 1. The number of unbranched alkanes of at least 4 members (excludes halogenated alkanes) is 2. The van der Waals surface area contributed by atoms with E-state index >= 15 is 0 Å². The molecule has 1 rings (SSSR count). The summed E-state index contributed by atoms with van der Waals surface area (Å²) in [5.41, 5.74) is 1.88. The average Bonchev–Trinajstić information content (AvgIpc) is 2.32. The second-order valence-corrected chi connectivity index (χ2v) is 4.72. The Morgan fingerprint density at radius 3 is 2.53 bits per heavy atom. The number of nitrogens with zero attached hydrogens (tertiary/aromatic N) is 1. The standard InChI is InChI=1S/C15H24FN/c1-4-6-7-10-17(3)12-14-9-8-13(5-2)11-15(14)16/h8-9,11H,4-7,10,12H2,1-3H3. The molecule has 0 unspecified atom stereocenters. The van der Waals surface area contributed by atoms with Gasteiger partial charge in [0.1, 0.15) is 5.82 Å². The van der Waals surface area contributed by atoms with E-state index in [1.807, 2.05) is 19.1 Å². The highest BCUT2D eigenvalue weighted by atomic mass is 19.1. The summed E-state index contributed by atoms with van der Waals surface area (Å²) < 4.78 is 13.8. The lowest BCUT2D eigenvalue weighted by molar-refractivity contribution is 0.313. The molecule has 0 spiro atoms. The van der Waals surface area contributed by atoms with Crippen LogP contribution in [0.4, 0.5) is 4.39 Å². The van der Waals surface area contributed by atoms with Gasteiger partial charge in [-0.15, -0.1) is 0 Å². The molecule has 2 heteroatoms. The fourth-order valence-corrected chi connectivity index (χ4v) is 1.94. The fourth-order valence-electron chi connectivity index (χ4n) is 1.94. The lowest BCUT2D eigenvalue weighted by Crippen LogP contribution is -2.19. The monoisotopic (exact) mass is 237 g/mol. The topological polar surface area (TPSA) is 3.24 Å². The van der Waals surface area contributed by atoms with Gasteiger partial charge in [-0.2, -0.15) is 0 Å². The Bertz CT molecular complexity index is 336. The normalized spacial score (nSPS) is 11.1. The first-order valence-corrected chi connectivity index (χ1v) is 6.63. The lowest BCUT2D eigenvalue weighted by atomic mass is 10.1. The van der Waals surface area contributed by atoms with Gasteiger partial charge >= 0.3 is 0 Å². The van der Waals surface area contributed by atoms with Crippen LogP contribution in [0.25, 0.3) is 0 Å². The first-order chi connectivity index (χ1) is 8.17. The summed E-state index contributed by atoms with van der Waals surface area (Å²) in [5, 5.41) is 0. The molecule has 0 N–H and O–H groups in total. The molecule has 0 aliphatic carbocycles. The molecule has 0 heterocycles. The average molecular weight is 237 g/mol. The van der Waals surface area contributed by atoms with Crippen LogP contribution in [0.2, 0.25) is 0 Å². The molecule has 0 atom stereocenters. The van der Waals surface area contributed by atoms with Crippen LogP contribution >= 0.6 is 0 Å². The Morgan fingerprint density at radius 2 is 1.94 bits per heavy atom.